The summed E-state index contributed by atoms with van der Waals surface area (Å²) in [5, 5.41) is 5.57. The first-order valence-corrected chi connectivity index (χ1v) is 9.90. The fourth-order valence-corrected chi connectivity index (χ4v) is 3.53. The topological polar surface area (TPSA) is 58.2 Å². The van der Waals surface area contributed by atoms with Gasteiger partial charge in [0, 0.05) is 21.8 Å². The van der Waals surface area contributed by atoms with E-state index in [4.69, 9.17) is 0 Å². The van der Waals surface area contributed by atoms with Crippen LogP contribution in [0.15, 0.2) is 83.8 Å². The van der Waals surface area contributed by atoms with Crippen LogP contribution < -0.4 is 10.6 Å². The summed E-state index contributed by atoms with van der Waals surface area (Å²) in [6.45, 7) is 3.79. The number of benzene rings is 3. The lowest BCUT2D eigenvalue weighted by Gasteiger charge is -2.13. The first-order valence-electron chi connectivity index (χ1n) is 9.02. The Labute approximate surface area is 169 Å². The predicted molar refractivity (Wildman–Crippen MR) is 116 cm³/mol. The summed E-state index contributed by atoms with van der Waals surface area (Å²) in [4.78, 5) is 25.7. The molecule has 0 fully saturated rings. The SMILES string of the molecule is Cc1ccccc1C(=O)Nc1ccc(SC(C)C(=O)Nc2ccccc2)cc1. The molecule has 0 bridgehead atoms. The van der Waals surface area contributed by atoms with E-state index in [2.05, 4.69) is 10.6 Å². The Kier molecular flexibility index (Phi) is 6.50. The van der Waals surface area contributed by atoms with Crippen LogP contribution in [0.1, 0.15) is 22.8 Å². The lowest BCUT2D eigenvalue weighted by Crippen LogP contribution is -2.22. The second-order valence-corrected chi connectivity index (χ2v) is 7.82. The molecule has 4 nitrogen and oxygen atoms in total. The Bertz CT molecular complexity index is 956. The van der Waals surface area contributed by atoms with Gasteiger partial charge in [0.15, 0.2) is 0 Å². The molecule has 2 amide bonds. The number of carbonyl (C=O) groups excluding carboxylic acids is 2. The lowest BCUT2D eigenvalue weighted by molar-refractivity contribution is -0.115. The molecule has 0 spiro atoms. The van der Waals surface area contributed by atoms with Crippen LogP contribution in [0.4, 0.5) is 11.4 Å². The van der Waals surface area contributed by atoms with Crippen LogP contribution in [-0.4, -0.2) is 17.1 Å². The summed E-state index contributed by atoms with van der Waals surface area (Å²) in [5.74, 6) is -0.178. The van der Waals surface area contributed by atoms with Crippen molar-refractivity contribution < 1.29 is 9.59 Å². The van der Waals surface area contributed by atoms with Crippen molar-refractivity contribution in [3.05, 3.63) is 90.0 Å². The van der Waals surface area contributed by atoms with Crippen molar-refractivity contribution in [3.8, 4) is 0 Å². The second kappa shape index (κ2) is 9.24. The maximum Gasteiger partial charge on any atom is 0.255 e. The molecule has 0 heterocycles. The van der Waals surface area contributed by atoms with Gasteiger partial charge in [0.05, 0.1) is 5.25 Å². The summed E-state index contributed by atoms with van der Waals surface area (Å²) in [5.41, 5.74) is 3.10. The maximum absolute atomic E-state index is 12.4. The number of rotatable bonds is 6. The smallest absolute Gasteiger partial charge is 0.255 e. The minimum absolute atomic E-state index is 0.0480. The number of aryl methyl sites for hydroxylation is 1. The van der Waals surface area contributed by atoms with E-state index in [1.807, 2.05) is 92.7 Å². The summed E-state index contributed by atoms with van der Waals surface area (Å²) < 4.78 is 0. The summed E-state index contributed by atoms with van der Waals surface area (Å²) in [6, 6.07) is 24.4. The number of carbonyl (C=O) groups is 2. The van der Waals surface area contributed by atoms with Crippen molar-refractivity contribution in [3.63, 3.8) is 0 Å². The van der Waals surface area contributed by atoms with Gasteiger partial charge in [-0.2, -0.15) is 0 Å². The monoisotopic (exact) mass is 390 g/mol. The van der Waals surface area contributed by atoms with Gasteiger partial charge >= 0.3 is 0 Å². The zero-order chi connectivity index (χ0) is 19.9. The summed E-state index contributed by atoms with van der Waals surface area (Å²) >= 11 is 1.47. The molecule has 0 aliphatic heterocycles. The molecule has 142 valence electrons. The third kappa shape index (κ3) is 5.24. The Morgan fingerprint density at radius 2 is 1.39 bits per heavy atom. The first kappa shape index (κ1) is 19.7. The molecular weight excluding hydrogens is 368 g/mol. The van der Waals surface area contributed by atoms with Crippen LogP contribution in [0.2, 0.25) is 0 Å². The Hall–Kier alpha value is -3.05. The zero-order valence-electron chi connectivity index (χ0n) is 15.8. The average molecular weight is 391 g/mol. The van der Waals surface area contributed by atoms with Crippen LogP contribution in [0.3, 0.4) is 0 Å². The highest BCUT2D eigenvalue weighted by molar-refractivity contribution is 8.00. The molecule has 0 radical (unpaired) electrons. The molecule has 0 aliphatic carbocycles. The second-order valence-electron chi connectivity index (χ2n) is 6.41. The van der Waals surface area contributed by atoms with Gasteiger partial charge in [0.25, 0.3) is 5.91 Å². The Morgan fingerprint density at radius 3 is 2.07 bits per heavy atom. The van der Waals surface area contributed by atoms with E-state index in [0.717, 1.165) is 21.8 Å². The number of para-hydroxylation sites is 1. The van der Waals surface area contributed by atoms with Gasteiger partial charge in [-0.3, -0.25) is 9.59 Å². The minimum Gasteiger partial charge on any atom is -0.325 e. The van der Waals surface area contributed by atoms with Gasteiger partial charge in [0.1, 0.15) is 0 Å². The van der Waals surface area contributed by atoms with Crippen molar-refractivity contribution >= 4 is 35.0 Å². The molecule has 0 saturated heterocycles. The number of hydrogen-bond donors (Lipinski definition) is 2. The number of anilines is 2. The van der Waals surface area contributed by atoms with Gasteiger partial charge in [-0.1, -0.05) is 36.4 Å². The van der Waals surface area contributed by atoms with Crippen molar-refractivity contribution in [2.24, 2.45) is 0 Å². The molecule has 3 aromatic carbocycles. The van der Waals surface area contributed by atoms with E-state index in [9.17, 15) is 9.59 Å². The molecule has 0 aliphatic rings. The fraction of sp³-hybridized carbons (Fsp3) is 0.130. The zero-order valence-corrected chi connectivity index (χ0v) is 16.6. The van der Waals surface area contributed by atoms with Gasteiger partial charge in [-0.15, -0.1) is 11.8 Å². The number of amides is 2. The van der Waals surface area contributed by atoms with Crippen LogP contribution in [0.25, 0.3) is 0 Å². The van der Waals surface area contributed by atoms with E-state index in [-0.39, 0.29) is 17.1 Å². The fourth-order valence-electron chi connectivity index (χ4n) is 2.67. The number of hydrogen-bond acceptors (Lipinski definition) is 3. The van der Waals surface area contributed by atoms with E-state index in [0.29, 0.717) is 5.56 Å². The Balaban J connectivity index is 1.57. The van der Waals surface area contributed by atoms with E-state index in [1.54, 1.807) is 0 Å². The van der Waals surface area contributed by atoms with Crippen LogP contribution >= 0.6 is 11.8 Å². The predicted octanol–water partition coefficient (Wildman–Crippen LogP) is 5.37. The van der Waals surface area contributed by atoms with Crippen LogP contribution in [0, 0.1) is 6.92 Å². The molecule has 0 aromatic heterocycles. The minimum atomic E-state index is -0.243. The summed E-state index contributed by atoms with van der Waals surface area (Å²) in [6.07, 6.45) is 0. The normalized spacial score (nSPS) is 11.5. The third-order valence-corrected chi connectivity index (χ3v) is 5.34. The van der Waals surface area contributed by atoms with Gasteiger partial charge < -0.3 is 10.6 Å². The highest BCUT2D eigenvalue weighted by Gasteiger charge is 2.15. The van der Waals surface area contributed by atoms with Crippen molar-refractivity contribution in [1.82, 2.24) is 0 Å². The highest BCUT2D eigenvalue weighted by Crippen LogP contribution is 2.26. The quantitative estimate of drug-likeness (QED) is 0.557. The molecule has 2 N–H and O–H groups in total. The molecule has 1 atom stereocenters. The van der Waals surface area contributed by atoms with Crippen LogP contribution in [0.5, 0.6) is 0 Å². The molecule has 0 saturated carbocycles. The van der Waals surface area contributed by atoms with E-state index >= 15 is 0 Å². The average Bonchev–Trinajstić information content (AvgIpc) is 2.70. The standard InChI is InChI=1S/C23H22N2O2S/c1-16-8-6-7-11-21(16)23(27)25-19-12-14-20(15-13-19)28-17(2)22(26)24-18-9-4-3-5-10-18/h3-15,17H,1-2H3,(H,24,26)(H,25,27). The molecule has 1 unspecified atom stereocenters. The van der Waals surface area contributed by atoms with E-state index < -0.39 is 0 Å². The molecule has 28 heavy (non-hydrogen) atoms. The molecule has 3 aromatic rings. The van der Waals surface area contributed by atoms with Gasteiger partial charge in [-0.05, 0) is 61.9 Å². The third-order valence-electron chi connectivity index (χ3n) is 4.23. The molecule has 5 heteroatoms. The largest absolute Gasteiger partial charge is 0.325 e. The van der Waals surface area contributed by atoms with Gasteiger partial charge in [-0.25, -0.2) is 0 Å². The lowest BCUT2D eigenvalue weighted by atomic mass is 10.1. The maximum atomic E-state index is 12.4. The number of nitrogens with one attached hydrogen (secondary N) is 2. The highest BCUT2D eigenvalue weighted by atomic mass is 32.2. The van der Waals surface area contributed by atoms with Crippen molar-refractivity contribution in [2.45, 2.75) is 24.0 Å². The first-order chi connectivity index (χ1) is 13.5. The number of thioether (sulfide) groups is 1. The molecular formula is C23H22N2O2S. The summed E-state index contributed by atoms with van der Waals surface area (Å²) in [7, 11) is 0. The van der Waals surface area contributed by atoms with E-state index in [1.165, 1.54) is 11.8 Å². The van der Waals surface area contributed by atoms with Gasteiger partial charge in [0.2, 0.25) is 5.91 Å². The Morgan fingerprint density at radius 1 is 0.786 bits per heavy atom. The molecule has 3 rings (SSSR count). The van der Waals surface area contributed by atoms with Crippen molar-refractivity contribution in [2.75, 3.05) is 10.6 Å². The van der Waals surface area contributed by atoms with Crippen LogP contribution in [-0.2, 0) is 4.79 Å². The van der Waals surface area contributed by atoms with Crippen molar-refractivity contribution in [1.29, 1.82) is 0 Å².